The van der Waals surface area contributed by atoms with Crippen molar-refractivity contribution in [2.75, 3.05) is 51.7 Å². The second-order valence-electron chi connectivity index (χ2n) is 12.7. The number of aliphatic hydroxyl groups excluding tert-OH is 1. The van der Waals surface area contributed by atoms with Crippen molar-refractivity contribution in [1.82, 2.24) is 9.80 Å². The number of anilines is 2. The highest BCUT2D eigenvalue weighted by atomic mass is 35.5. The molecular formula is C38H45ClFN3OS. The molecule has 0 saturated carbocycles. The van der Waals surface area contributed by atoms with Gasteiger partial charge in [0.15, 0.2) is 0 Å². The van der Waals surface area contributed by atoms with Gasteiger partial charge in [0.05, 0.1) is 17.5 Å². The summed E-state index contributed by atoms with van der Waals surface area (Å²) in [4.78, 5) is 9.78. The molecule has 1 N–H and O–H groups in total. The van der Waals surface area contributed by atoms with Gasteiger partial charge in [-0.3, -0.25) is 0 Å². The van der Waals surface area contributed by atoms with E-state index in [2.05, 4.69) is 84.2 Å². The number of para-hydroxylation sites is 2. The van der Waals surface area contributed by atoms with Crippen molar-refractivity contribution in [2.45, 2.75) is 42.1 Å². The Balaban J connectivity index is 0.000000179. The minimum absolute atomic E-state index is 0.176. The van der Waals surface area contributed by atoms with Gasteiger partial charge in [0.25, 0.3) is 0 Å². The molecule has 2 heterocycles. The molecule has 4 aromatic carbocycles. The van der Waals surface area contributed by atoms with Crippen LogP contribution in [0.1, 0.15) is 37.0 Å². The predicted molar refractivity (Wildman–Crippen MR) is 187 cm³/mol. The first-order chi connectivity index (χ1) is 21.7. The molecule has 2 aliphatic rings. The molecule has 4 aromatic rings. The van der Waals surface area contributed by atoms with Crippen LogP contribution in [-0.2, 0) is 6.42 Å². The van der Waals surface area contributed by atoms with Crippen LogP contribution in [0.2, 0.25) is 5.02 Å². The van der Waals surface area contributed by atoms with Gasteiger partial charge in [-0.15, -0.1) is 0 Å². The van der Waals surface area contributed by atoms with Crippen molar-refractivity contribution in [2.24, 2.45) is 11.8 Å². The van der Waals surface area contributed by atoms with Gasteiger partial charge in [0.2, 0.25) is 0 Å². The lowest BCUT2D eigenvalue weighted by atomic mass is 9.90. The van der Waals surface area contributed by atoms with Gasteiger partial charge < -0.3 is 19.8 Å². The molecule has 0 aliphatic carbocycles. The average Bonchev–Trinajstić information content (AvgIpc) is 3.03. The zero-order valence-electron chi connectivity index (χ0n) is 26.6. The highest BCUT2D eigenvalue weighted by molar-refractivity contribution is 7.99. The summed E-state index contributed by atoms with van der Waals surface area (Å²) in [6.07, 6.45) is 2.76. The summed E-state index contributed by atoms with van der Waals surface area (Å²) in [5.74, 6) is 1.08. The molecular weight excluding hydrogens is 601 g/mol. The Morgan fingerprint density at radius 3 is 2.00 bits per heavy atom. The van der Waals surface area contributed by atoms with Crippen LogP contribution in [0.4, 0.5) is 15.8 Å². The molecule has 238 valence electrons. The molecule has 4 nitrogen and oxygen atoms in total. The number of rotatable bonds is 9. The Kier molecular flexibility index (Phi) is 12.0. The first-order valence-electron chi connectivity index (χ1n) is 15.9. The van der Waals surface area contributed by atoms with Crippen molar-refractivity contribution < 1.29 is 9.50 Å². The number of piperidine rings is 1. The van der Waals surface area contributed by atoms with Gasteiger partial charge in [-0.05, 0) is 118 Å². The lowest BCUT2D eigenvalue weighted by molar-refractivity contribution is 0.0893. The maximum Gasteiger partial charge on any atom is 0.123 e. The molecule has 0 spiro atoms. The highest BCUT2D eigenvalue weighted by Gasteiger charge is 2.24. The number of likely N-dealkylation sites (tertiary alicyclic amines) is 1. The van der Waals surface area contributed by atoms with Gasteiger partial charge in [0.1, 0.15) is 5.82 Å². The zero-order chi connectivity index (χ0) is 31.8. The minimum atomic E-state index is -0.476. The second kappa shape index (κ2) is 16.1. The van der Waals surface area contributed by atoms with E-state index in [0.717, 1.165) is 51.0 Å². The third kappa shape index (κ3) is 9.57. The van der Waals surface area contributed by atoms with E-state index in [0.29, 0.717) is 23.4 Å². The lowest BCUT2D eigenvalue weighted by Crippen LogP contribution is -2.37. The van der Waals surface area contributed by atoms with Gasteiger partial charge in [-0.1, -0.05) is 78.8 Å². The van der Waals surface area contributed by atoms with Gasteiger partial charge in [-0.2, -0.15) is 0 Å². The first-order valence-corrected chi connectivity index (χ1v) is 17.1. The molecule has 2 atom stereocenters. The zero-order valence-corrected chi connectivity index (χ0v) is 28.2. The predicted octanol–water partition coefficient (Wildman–Crippen LogP) is 8.95. The fraction of sp³-hybridized carbons (Fsp3) is 0.368. The quantitative estimate of drug-likeness (QED) is 0.196. The number of nitrogens with zero attached hydrogens (tertiary/aromatic N) is 3. The number of fused-ring (bicyclic) bond motifs is 2. The Labute approximate surface area is 277 Å². The average molecular weight is 646 g/mol. The van der Waals surface area contributed by atoms with Crippen LogP contribution in [-0.4, -0.2) is 61.7 Å². The molecule has 0 bridgehead atoms. The van der Waals surface area contributed by atoms with Crippen LogP contribution in [0.5, 0.6) is 0 Å². The Hall–Kier alpha value is -2.87. The van der Waals surface area contributed by atoms with Crippen molar-refractivity contribution in [3.8, 4) is 0 Å². The summed E-state index contributed by atoms with van der Waals surface area (Å²) in [7, 11) is 4.29. The molecule has 0 radical (unpaired) electrons. The summed E-state index contributed by atoms with van der Waals surface area (Å²) in [6, 6.07) is 31.7. The van der Waals surface area contributed by atoms with E-state index in [1.54, 1.807) is 0 Å². The summed E-state index contributed by atoms with van der Waals surface area (Å²) in [6.45, 7) is 7.13. The second-order valence-corrected chi connectivity index (χ2v) is 14.2. The Morgan fingerprint density at radius 2 is 1.42 bits per heavy atom. The van der Waals surface area contributed by atoms with Gasteiger partial charge in [-0.25, -0.2) is 4.39 Å². The number of halogens is 2. The summed E-state index contributed by atoms with van der Waals surface area (Å²) in [5.41, 5.74) is 4.79. The molecule has 1 saturated heterocycles. The molecule has 7 heteroatoms. The van der Waals surface area contributed by atoms with Crippen molar-refractivity contribution in [1.29, 1.82) is 0 Å². The minimum Gasteiger partial charge on any atom is -0.387 e. The molecule has 45 heavy (non-hydrogen) atoms. The van der Waals surface area contributed by atoms with Crippen molar-refractivity contribution in [3.05, 3.63) is 119 Å². The van der Waals surface area contributed by atoms with Crippen LogP contribution >= 0.6 is 23.4 Å². The van der Waals surface area contributed by atoms with E-state index in [9.17, 15) is 9.50 Å². The van der Waals surface area contributed by atoms with E-state index in [1.165, 1.54) is 38.9 Å². The standard InChI is InChI=1S/C20H23ClFNO.C18H22N2S/c21-18-5-3-17(4-6-18)20(24)14-23-11-9-16(10-12-23)13-15-1-7-19(22)8-2-15;1-14(12-19(2)3)13-20-15-8-4-6-10-17(15)21-18-11-7-5-9-16(18)20/h1-8,16,20,24H,9-14H2;4-11,14H,12-13H2,1-3H3. The molecule has 0 aromatic heterocycles. The third-order valence-electron chi connectivity index (χ3n) is 8.53. The van der Waals surface area contributed by atoms with Gasteiger partial charge >= 0.3 is 0 Å². The molecule has 2 unspecified atom stereocenters. The van der Waals surface area contributed by atoms with E-state index < -0.39 is 6.10 Å². The van der Waals surface area contributed by atoms with Crippen molar-refractivity contribution >= 4 is 34.7 Å². The van der Waals surface area contributed by atoms with Gasteiger partial charge in [0, 0.05) is 34.4 Å². The number of aliphatic hydroxyl groups is 1. The number of hydrogen-bond donors (Lipinski definition) is 1. The number of benzene rings is 4. The smallest absolute Gasteiger partial charge is 0.123 e. The first kappa shape index (κ1) is 33.5. The van der Waals surface area contributed by atoms with Crippen LogP contribution in [0, 0.1) is 17.7 Å². The molecule has 0 amide bonds. The van der Waals surface area contributed by atoms with Crippen LogP contribution in [0.25, 0.3) is 0 Å². The lowest BCUT2D eigenvalue weighted by Gasteiger charge is -2.35. The van der Waals surface area contributed by atoms with E-state index in [4.69, 9.17) is 11.6 Å². The Bertz CT molecular complexity index is 1450. The monoisotopic (exact) mass is 645 g/mol. The van der Waals surface area contributed by atoms with Crippen molar-refractivity contribution in [3.63, 3.8) is 0 Å². The summed E-state index contributed by atoms with van der Waals surface area (Å²) in [5, 5.41) is 11.1. The molecule has 6 rings (SSSR count). The van der Waals surface area contributed by atoms with E-state index in [-0.39, 0.29) is 5.82 Å². The highest BCUT2D eigenvalue weighted by Crippen LogP contribution is 2.48. The maximum absolute atomic E-state index is 13.0. The number of β-amino-alcohol motifs (C(OH)–C–C–N with tert-alkyl or cyclic N) is 1. The fourth-order valence-corrected chi connectivity index (χ4v) is 7.55. The Morgan fingerprint density at radius 1 is 0.844 bits per heavy atom. The third-order valence-corrected chi connectivity index (χ3v) is 9.92. The summed E-state index contributed by atoms with van der Waals surface area (Å²) < 4.78 is 13.0. The molecule has 2 aliphatic heterocycles. The van der Waals surface area contributed by atoms with Crippen LogP contribution in [0.15, 0.2) is 107 Å². The normalized spacial score (nSPS) is 16.4. The molecule has 1 fully saturated rings. The SMILES string of the molecule is CC(CN(C)C)CN1c2ccccc2Sc2ccccc21.OC(CN1CCC(Cc2ccc(F)cc2)CC1)c1ccc(Cl)cc1. The van der Waals surface area contributed by atoms with Crippen LogP contribution in [0.3, 0.4) is 0 Å². The maximum atomic E-state index is 13.0. The topological polar surface area (TPSA) is 30.0 Å². The largest absolute Gasteiger partial charge is 0.387 e. The van der Waals surface area contributed by atoms with E-state index >= 15 is 0 Å². The fourth-order valence-electron chi connectivity index (χ4n) is 6.33. The van der Waals surface area contributed by atoms with Crippen LogP contribution < -0.4 is 4.90 Å². The number of hydrogen-bond acceptors (Lipinski definition) is 5. The summed E-state index contributed by atoms with van der Waals surface area (Å²) >= 11 is 7.76. The van der Waals surface area contributed by atoms with E-state index in [1.807, 2.05) is 48.2 Å².